The average molecular weight is 313 g/mol. The first-order chi connectivity index (χ1) is 11.3. The van der Waals surface area contributed by atoms with E-state index in [1.54, 1.807) is 18.5 Å². The van der Waals surface area contributed by atoms with Crippen molar-refractivity contribution >= 4 is 5.91 Å². The van der Waals surface area contributed by atoms with Gasteiger partial charge in [-0.15, -0.1) is 0 Å². The topological polar surface area (TPSA) is 107 Å². The van der Waals surface area contributed by atoms with Crippen molar-refractivity contribution < 1.29 is 13.8 Å². The molecule has 0 unspecified atom stereocenters. The van der Waals surface area contributed by atoms with Crippen LogP contribution in [-0.4, -0.2) is 26.2 Å². The maximum Gasteiger partial charge on any atom is 0.226 e. The van der Waals surface area contributed by atoms with E-state index in [0.29, 0.717) is 43.3 Å². The predicted octanol–water partition coefficient (Wildman–Crippen LogP) is 1.76. The summed E-state index contributed by atoms with van der Waals surface area (Å²) >= 11 is 0. The fraction of sp³-hybridized carbons (Fsp3) is 0.267. The van der Waals surface area contributed by atoms with Crippen molar-refractivity contribution in [3.63, 3.8) is 0 Å². The van der Waals surface area contributed by atoms with Crippen LogP contribution in [0.4, 0.5) is 0 Å². The van der Waals surface area contributed by atoms with Gasteiger partial charge in [0.2, 0.25) is 17.6 Å². The van der Waals surface area contributed by atoms with E-state index >= 15 is 0 Å². The van der Waals surface area contributed by atoms with Crippen LogP contribution in [0.2, 0.25) is 0 Å². The molecule has 1 N–H and O–H groups in total. The maximum absolute atomic E-state index is 11.7. The molecule has 0 aliphatic rings. The third-order valence-electron chi connectivity index (χ3n) is 3.13. The van der Waals surface area contributed by atoms with Gasteiger partial charge in [-0.25, -0.2) is 0 Å². The van der Waals surface area contributed by atoms with Crippen molar-refractivity contribution in [1.82, 2.24) is 25.6 Å². The summed E-state index contributed by atoms with van der Waals surface area (Å²) < 4.78 is 10.1. The zero-order valence-electron chi connectivity index (χ0n) is 12.3. The summed E-state index contributed by atoms with van der Waals surface area (Å²) in [6.45, 7) is 0.338. The minimum Gasteiger partial charge on any atom is -0.360 e. The molecule has 0 aliphatic carbocycles. The Kier molecular flexibility index (Phi) is 4.72. The molecule has 0 atom stereocenters. The molecule has 0 spiro atoms. The molecule has 23 heavy (non-hydrogen) atoms. The molecule has 3 aromatic heterocycles. The van der Waals surface area contributed by atoms with Crippen LogP contribution in [0.15, 0.2) is 45.8 Å². The van der Waals surface area contributed by atoms with Crippen molar-refractivity contribution in [3.8, 4) is 11.4 Å². The van der Waals surface area contributed by atoms with Crippen LogP contribution in [0.5, 0.6) is 0 Å². The van der Waals surface area contributed by atoms with Crippen LogP contribution >= 0.6 is 0 Å². The summed E-state index contributed by atoms with van der Waals surface area (Å²) in [6.07, 6.45) is 6.43. The third-order valence-corrected chi connectivity index (χ3v) is 3.13. The van der Waals surface area contributed by atoms with Crippen LogP contribution in [0.3, 0.4) is 0 Å². The SMILES string of the molecule is O=C(CCCc1nc(-c2cccnc2)no1)NCc1ccno1. The summed E-state index contributed by atoms with van der Waals surface area (Å²) in [4.78, 5) is 20.0. The van der Waals surface area contributed by atoms with Crippen molar-refractivity contribution in [1.29, 1.82) is 0 Å². The van der Waals surface area contributed by atoms with Gasteiger partial charge in [-0.1, -0.05) is 10.3 Å². The predicted molar refractivity (Wildman–Crippen MR) is 78.8 cm³/mol. The minimum atomic E-state index is -0.0617. The zero-order chi connectivity index (χ0) is 15.9. The monoisotopic (exact) mass is 313 g/mol. The van der Waals surface area contributed by atoms with Crippen LogP contribution in [0.1, 0.15) is 24.5 Å². The van der Waals surface area contributed by atoms with Crippen LogP contribution in [0.25, 0.3) is 11.4 Å². The number of hydrogen-bond acceptors (Lipinski definition) is 7. The lowest BCUT2D eigenvalue weighted by Crippen LogP contribution is -2.22. The highest BCUT2D eigenvalue weighted by molar-refractivity contribution is 5.75. The molecule has 0 bridgehead atoms. The first kappa shape index (κ1) is 14.9. The number of pyridine rings is 1. The second-order valence-corrected chi connectivity index (χ2v) is 4.86. The molecule has 0 aromatic carbocycles. The largest absolute Gasteiger partial charge is 0.360 e. The number of carbonyl (C=O) groups excluding carboxylic acids is 1. The number of nitrogens with one attached hydrogen (secondary N) is 1. The van der Waals surface area contributed by atoms with Crippen molar-refractivity contribution in [3.05, 3.63) is 48.4 Å². The number of hydrogen-bond donors (Lipinski definition) is 1. The number of amides is 1. The summed E-state index contributed by atoms with van der Waals surface area (Å²) in [5.41, 5.74) is 0.798. The Morgan fingerprint density at radius 3 is 2.96 bits per heavy atom. The van der Waals surface area contributed by atoms with Crippen LogP contribution < -0.4 is 5.32 Å². The minimum absolute atomic E-state index is 0.0617. The van der Waals surface area contributed by atoms with E-state index in [-0.39, 0.29) is 5.91 Å². The normalized spacial score (nSPS) is 10.6. The van der Waals surface area contributed by atoms with E-state index in [9.17, 15) is 4.79 Å². The third kappa shape index (κ3) is 4.22. The van der Waals surface area contributed by atoms with E-state index in [4.69, 9.17) is 9.05 Å². The second kappa shape index (κ2) is 7.30. The lowest BCUT2D eigenvalue weighted by atomic mass is 10.2. The maximum atomic E-state index is 11.7. The molecule has 118 valence electrons. The second-order valence-electron chi connectivity index (χ2n) is 4.86. The molecule has 0 saturated carbocycles. The highest BCUT2D eigenvalue weighted by atomic mass is 16.5. The molecule has 0 radical (unpaired) electrons. The number of carbonyl (C=O) groups is 1. The lowest BCUT2D eigenvalue weighted by molar-refractivity contribution is -0.121. The van der Waals surface area contributed by atoms with E-state index in [2.05, 4.69) is 25.6 Å². The smallest absolute Gasteiger partial charge is 0.226 e. The Morgan fingerprint density at radius 1 is 1.22 bits per heavy atom. The van der Waals surface area contributed by atoms with E-state index in [1.807, 2.05) is 12.1 Å². The molecule has 3 heterocycles. The van der Waals surface area contributed by atoms with Gasteiger partial charge in [0, 0.05) is 36.9 Å². The molecule has 8 heteroatoms. The number of rotatable bonds is 7. The fourth-order valence-electron chi connectivity index (χ4n) is 1.98. The van der Waals surface area contributed by atoms with E-state index < -0.39 is 0 Å². The van der Waals surface area contributed by atoms with Gasteiger partial charge in [-0.3, -0.25) is 9.78 Å². The molecule has 1 amide bonds. The van der Waals surface area contributed by atoms with Gasteiger partial charge in [0.15, 0.2) is 5.76 Å². The summed E-state index contributed by atoms with van der Waals surface area (Å²) in [6, 6.07) is 5.38. The van der Waals surface area contributed by atoms with Gasteiger partial charge in [0.05, 0.1) is 12.7 Å². The Labute approximate surface area is 131 Å². The van der Waals surface area contributed by atoms with Crippen molar-refractivity contribution in [2.75, 3.05) is 0 Å². The first-order valence-corrected chi connectivity index (χ1v) is 7.20. The summed E-state index contributed by atoms with van der Waals surface area (Å²) in [5.74, 6) is 1.57. The Hall–Kier alpha value is -3.03. The Balaban J connectivity index is 1.42. The van der Waals surface area contributed by atoms with E-state index in [1.165, 1.54) is 6.20 Å². The molecule has 0 fully saturated rings. The van der Waals surface area contributed by atoms with Gasteiger partial charge in [-0.2, -0.15) is 4.98 Å². The van der Waals surface area contributed by atoms with Gasteiger partial charge in [0.1, 0.15) is 0 Å². The average Bonchev–Trinajstić information content (AvgIpc) is 3.26. The summed E-state index contributed by atoms with van der Waals surface area (Å²) in [5, 5.41) is 10.2. The molecule has 3 aromatic rings. The quantitative estimate of drug-likeness (QED) is 0.708. The molecule has 0 aliphatic heterocycles. The molecular weight excluding hydrogens is 298 g/mol. The van der Waals surface area contributed by atoms with E-state index in [0.717, 1.165) is 5.56 Å². The highest BCUT2D eigenvalue weighted by Gasteiger charge is 2.09. The van der Waals surface area contributed by atoms with Crippen molar-refractivity contribution in [2.45, 2.75) is 25.8 Å². The Morgan fingerprint density at radius 2 is 2.17 bits per heavy atom. The number of nitrogens with zero attached hydrogens (tertiary/aromatic N) is 4. The fourth-order valence-corrected chi connectivity index (χ4v) is 1.98. The summed E-state index contributed by atoms with van der Waals surface area (Å²) in [7, 11) is 0. The number of aryl methyl sites for hydroxylation is 1. The lowest BCUT2D eigenvalue weighted by Gasteiger charge is -2.01. The van der Waals surface area contributed by atoms with Gasteiger partial charge < -0.3 is 14.4 Å². The van der Waals surface area contributed by atoms with Crippen LogP contribution in [-0.2, 0) is 17.8 Å². The molecule has 3 rings (SSSR count). The van der Waals surface area contributed by atoms with Crippen LogP contribution in [0, 0.1) is 0 Å². The van der Waals surface area contributed by atoms with Gasteiger partial charge in [-0.05, 0) is 18.6 Å². The zero-order valence-corrected chi connectivity index (χ0v) is 12.3. The molecule has 0 saturated heterocycles. The van der Waals surface area contributed by atoms with Gasteiger partial charge in [0.25, 0.3) is 0 Å². The standard InChI is InChI=1S/C15H15N5O3/c21-13(17-10-12-6-8-18-22-12)4-1-5-14-19-15(20-23-14)11-3-2-7-16-9-11/h2-3,6-9H,1,4-5,10H2,(H,17,21). The first-order valence-electron chi connectivity index (χ1n) is 7.20. The molecular formula is C15H15N5O3. The highest BCUT2D eigenvalue weighted by Crippen LogP contribution is 2.14. The number of aromatic nitrogens is 4. The molecule has 8 nitrogen and oxygen atoms in total. The van der Waals surface area contributed by atoms with Gasteiger partial charge >= 0.3 is 0 Å². The Bertz CT molecular complexity index is 740. The van der Waals surface area contributed by atoms with Crippen molar-refractivity contribution in [2.24, 2.45) is 0 Å².